The van der Waals surface area contributed by atoms with Crippen molar-refractivity contribution < 1.29 is 17.9 Å². The van der Waals surface area contributed by atoms with Gasteiger partial charge in [-0.05, 0) is 75.8 Å². The Morgan fingerprint density at radius 3 is 2.47 bits per heavy atom. The largest absolute Gasteiger partial charge is 0.447 e. The van der Waals surface area contributed by atoms with Crippen LogP contribution in [-0.4, -0.2) is 71.2 Å². The van der Waals surface area contributed by atoms with Crippen LogP contribution in [0.3, 0.4) is 0 Å². The van der Waals surface area contributed by atoms with Crippen LogP contribution in [0.2, 0.25) is 5.02 Å². The molecule has 9 heteroatoms. The normalized spacial score (nSPS) is 16.0. The fraction of sp³-hybridized carbons (Fsp3) is 0.435. The van der Waals surface area contributed by atoms with Gasteiger partial charge in [0, 0.05) is 18.6 Å². The van der Waals surface area contributed by atoms with E-state index in [4.69, 9.17) is 16.3 Å². The number of carbonyl (C=O) groups excluding carboxylic acids is 1. The van der Waals surface area contributed by atoms with Crippen LogP contribution in [0.15, 0.2) is 53.4 Å². The molecule has 1 atom stereocenters. The Hall–Kier alpha value is -2.29. The van der Waals surface area contributed by atoms with Crippen LogP contribution in [0.4, 0.5) is 10.5 Å². The average Bonchev–Trinajstić information content (AvgIpc) is 2.76. The van der Waals surface area contributed by atoms with Gasteiger partial charge in [-0.1, -0.05) is 29.8 Å². The zero-order valence-electron chi connectivity index (χ0n) is 18.7. The number of benzene rings is 2. The van der Waals surface area contributed by atoms with Gasteiger partial charge in [0.15, 0.2) is 0 Å². The summed E-state index contributed by atoms with van der Waals surface area (Å²) in [7, 11) is 1.78. The van der Waals surface area contributed by atoms with Crippen molar-refractivity contribution in [3.8, 4) is 0 Å². The molecular weight excluding hydrogens is 450 g/mol. The molecule has 0 aromatic heterocycles. The topological polar surface area (TPSA) is 70.2 Å². The molecule has 0 saturated heterocycles. The first-order chi connectivity index (χ1) is 15.2. The van der Waals surface area contributed by atoms with Gasteiger partial charge in [-0.15, -0.1) is 0 Å². The summed E-state index contributed by atoms with van der Waals surface area (Å²) in [6, 6.07) is 13.1. The van der Waals surface area contributed by atoms with Crippen LogP contribution in [0.5, 0.6) is 0 Å². The zero-order chi connectivity index (χ0) is 23.3. The molecule has 1 amide bonds. The molecule has 174 valence electrons. The van der Waals surface area contributed by atoms with Crippen molar-refractivity contribution in [1.29, 1.82) is 0 Å². The summed E-state index contributed by atoms with van der Waals surface area (Å²) in [6.45, 7) is 1.42. The molecule has 2 aromatic carbocycles. The number of sulfonamides is 1. The SMILES string of the molecule is CN(C)CCCN(C)C(=O)OCC1CCc2ccccc2N1S(=O)(=O)c1ccc(Cl)cc1. The van der Waals surface area contributed by atoms with E-state index in [0.717, 1.165) is 18.5 Å². The van der Waals surface area contributed by atoms with E-state index in [1.54, 1.807) is 25.2 Å². The third-order valence-electron chi connectivity index (χ3n) is 5.49. The van der Waals surface area contributed by atoms with Crippen LogP contribution in [0, 0.1) is 0 Å². The lowest BCUT2D eigenvalue weighted by Crippen LogP contribution is -2.47. The van der Waals surface area contributed by atoms with E-state index in [1.807, 2.05) is 32.3 Å². The van der Waals surface area contributed by atoms with Gasteiger partial charge in [0.2, 0.25) is 0 Å². The second kappa shape index (κ2) is 10.6. The van der Waals surface area contributed by atoms with E-state index < -0.39 is 22.2 Å². The Kier molecular flexibility index (Phi) is 8.03. The first-order valence-electron chi connectivity index (χ1n) is 10.6. The van der Waals surface area contributed by atoms with E-state index in [-0.39, 0.29) is 11.5 Å². The van der Waals surface area contributed by atoms with Crippen LogP contribution >= 0.6 is 11.6 Å². The molecule has 0 fully saturated rings. The Balaban J connectivity index is 1.79. The highest BCUT2D eigenvalue weighted by Crippen LogP contribution is 2.35. The minimum atomic E-state index is -3.87. The summed E-state index contributed by atoms with van der Waals surface area (Å²) < 4.78 is 34.1. The summed E-state index contributed by atoms with van der Waals surface area (Å²) in [4.78, 5) is 16.2. The van der Waals surface area contributed by atoms with Crippen LogP contribution in [0.1, 0.15) is 18.4 Å². The smallest absolute Gasteiger partial charge is 0.409 e. The van der Waals surface area contributed by atoms with E-state index >= 15 is 0 Å². The number of nitrogens with zero attached hydrogens (tertiary/aromatic N) is 3. The third kappa shape index (κ3) is 5.74. The van der Waals surface area contributed by atoms with E-state index in [9.17, 15) is 13.2 Å². The number of halogens is 1. The van der Waals surface area contributed by atoms with Crippen molar-refractivity contribution in [3.63, 3.8) is 0 Å². The van der Waals surface area contributed by atoms with Crippen molar-refractivity contribution in [2.75, 3.05) is 45.1 Å². The minimum Gasteiger partial charge on any atom is -0.447 e. The quantitative estimate of drug-likeness (QED) is 0.574. The number of ether oxygens (including phenoxy) is 1. The molecule has 1 aliphatic rings. The number of hydrogen-bond donors (Lipinski definition) is 0. The lowest BCUT2D eigenvalue weighted by Gasteiger charge is -2.37. The number of hydrogen-bond acceptors (Lipinski definition) is 5. The Labute approximate surface area is 195 Å². The monoisotopic (exact) mass is 479 g/mol. The van der Waals surface area contributed by atoms with Gasteiger partial charge in [0.05, 0.1) is 16.6 Å². The molecule has 3 rings (SSSR count). The maximum Gasteiger partial charge on any atom is 0.409 e. The van der Waals surface area contributed by atoms with E-state index in [1.165, 1.54) is 21.3 Å². The molecule has 32 heavy (non-hydrogen) atoms. The lowest BCUT2D eigenvalue weighted by atomic mass is 9.98. The Bertz CT molecular complexity index is 1030. The summed E-state index contributed by atoms with van der Waals surface area (Å²) >= 11 is 5.95. The Morgan fingerprint density at radius 1 is 1.09 bits per heavy atom. The number of fused-ring (bicyclic) bond motifs is 1. The molecule has 0 radical (unpaired) electrons. The van der Waals surface area contributed by atoms with Gasteiger partial charge in [-0.25, -0.2) is 13.2 Å². The predicted molar refractivity (Wildman–Crippen MR) is 127 cm³/mol. The van der Waals surface area contributed by atoms with Crippen molar-refractivity contribution in [3.05, 3.63) is 59.1 Å². The number of amides is 1. The molecule has 2 aromatic rings. The fourth-order valence-corrected chi connectivity index (χ4v) is 5.59. The van der Waals surface area contributed by atoms with Crippen LogP contribution in [-0.2, 0) is 21.2 Å². The number of aryl methyl sites for hydroxylation is 1. The van der Waals surface area contributed by atoms with Gasteiger partial charge in [0.25, 0.3) is 10.0 Å². The predicted octanol–water partition coefficient (Wildman–Crippen LogP) is 3.87. The van der Waals surface area contributed by atoms with E-state index in [2.05, 4.69) is 4.90 Å². The maximum absolute atomic E-state index is 13.6. The number of rotatable bonds is 8. The highest BCUT2D eigenvalue weighted by Gasteiger charge is 2.36. The van der Waals surface area contributed by atoms with Gasteiger partial charge in [-0.2, -0.15) is 0 Å². The maximum atomic E-state index is 13.6. The third-order valence-corrected chi connectivity index (χ3v) is 7.62. The molecule has 1 heterocycles. The fourth-order valence-electron chi connectivity index (χ4n) is 3.76. The van der Waals surface area contributed by atoms with E-state index in [0.29, 0.717) is 30.1 Å². The summed E-state index contributed by atoms with van der Waals surface area (Å²) in [5, 5.41) is 0.464. The molecule has 1 aliphatic heterocycles. The van der Waals surface area contributed by atoms with Crippen LogP contribution in [0.25, 0.3) is 0 Å². The standard InChI is InChI=1S/C23H30ClN3O4S/c1-25(2)15-6-16-26(3)23(28)31-17-20-12-9-18-7-4-5-8-22(18)27(20)32(29,30)21-13-10-19(24)11-14-21/h4-5,7-8,10-11,13-14,20H,6,9,12,15-17H2,1-3H3. The first-order valence-corrected chi connectivity index (χ1v) is 12.4. The number of anilines is 1. The molecule has 7 nitrogen and oxygen atoms in total. The number of carbonyl (C=O) groups is 1. The average molecular weight is 480 g/mol. The molecule has 0 spiro atoms. The summed E-state index contributed by atoms with van der Waals surface area (Å²) in [6.07, 6.45) is 1.64. The van der Waals surface area contributed by atoms with Crippen LogP contribution < -0.4 is 4.31 Å². The van der Waals surface area contributed by atoms with Crippen molar-refractivity contribution >= 4 is 33.4 Å². The van der Waals surface area contributed by atoms with Gasteiger partial charge in [-0.3, -0.25) is 4.31 Å². The molecule has 0 bridgehead atoms. The first kappa shape index (κ1) is 24.4. The molecule has 0 saturated carbocycles. The molecule has 0 N–H and O–H groups in total. The Morgan fingerprint density at radius 2 is 1.78 bits per heavy atom. The number of para-hydroxylation sites is 1. The summed E-state index contributed by atoms with van der Waals surface area (Å²) in [5.41, 5.74) is 1.57. The van der Waals surface area contributed by atoms with Gasteiger partial charge in [0.1, 0.15) is 6.61 Å². The molecule has 1 unspecified atom stereocenters. The highest BCUT2D eigenvalue weighted by atomic mass is 35.5. The van der Waals surface area contributed by atoms with Gasteiger partial charge < -0.3 is 14.5 Å². The lowest BCUT2D eigenvalue weighted by molar-refractivity contribution is 0.103. The molecule has 0 aliphatic carbocycles. The summed E-state index contributed by atoms with van der Waals surface area (Å²) in [5.74, 6) is 0. The van der Waals surface area contributed by atoms with Crippen molar-refractivity contribution in [2.45, 2.75) is 30.2 Å². The molecular formula is C23H30ClN3O4S. The van der Waals surface area contributed by atoms with Crippen molar-refractivity contribution in [2.24, 2.45) is 0 Å². The second-order valence-electron chi connectivity index (χ2n) is 8.23. The minimum absolute atomic E-state index is 0.0159. The second-order valence-corrected chi connectivity index (χ2v) is 10.5. The van der Waals surface area contributed by atoms with Gasteiger partial charge >= 0.3 is 6.09 Å². The van der Waals surface area contributed by atoms with Crippen molar-refractivity contribution in [1.82, 2.24) is 9.80 Å². The zero-order valence-corrected chi connectivity index (χ0v) is 20.3. The highest BCUT2D eigenvalue weighted by molar-refractivity contribution is 7.92.